The molecule has 1 aromatic heterocycles. The van der Waals surface area contributed by atoms with Crippen LogP contribution in [0.2, 0.25) is 0 Å². The monoisotopic (exact) mass is 297 g/mol. The van der Waals surface area contributed by atoms with E-state index in [0.717, 1.165) is 5.56 Å². The van der Waals surface area contributed by atoms with Crippen LogP contribution in [0.4, 0.5) is 11.4 Å². The highest BCUT2D eigenvalue weighted by Crippen LogP contribution is 2.10. The molecule has 0 fully saturated rings. The highest BCUT2D eigenvalue weighted by molar-refractivity contribution is 6.43. The Hall–Kier alpha value is -3.14. The topological polar surface area (TPSA) is 99.8 Å². The van der Waals surface area contributed by atoms with Crippen molar-refractivity contribution in [2.24, 2.45) is 0 Å². The molecule has 0 unspecified atom stereocenters. The second kappa shape index (κ2) is 7.04. The summed E-state index contributed by atoms with van der Waals surface area (Å²) in [6.07, 6.45) is 3.42. The summed E-state index contributed by atoms with van der Waals surface area (Å²) in [4.78, 5) is 23.6. The molecule has 2 N–H and O–H groups in total. The lowest BCUT2D eigenvalue weighted by atomic mass is 10.1. The van der Waals surface area contributed by atoms with E-state index in [9.17, 15) is 9.59 Å². The van der Waals surface area contributed by atoms with E-state index >= 15 is 0 Å². The Morgan fingerprint density at radius 3 is 2.36 bits per heavy atom. The van der Waals surface area contributed by atoms with Gasteiger partial charge in [0.25, 0.3) is 0 Å². The summed E-state index contributed by atoms with van der Waals surface area (Å²) in [7, 11) is 0. The van der Waals surface area contributed by atoms with E-state index in [4.69, 9.17) is 5.26 Å². The molecule has 1 heterocycles. The minimum atomic E-state index is -0.767. The van der Waals surface area contributed by atoms with Gasteiger partial charge in [-0.2, -0.15) is 10.4 Å². The van der Waals surface area contributed by atoms with Gasteiger partial charge in [0, 0.05) is 18.4 Å². The van der Waals surface area contributed by atoms with Crippen LogP contribution in [-0.2, 0) is 22.6 Å². The highest BCUT2D eigenvalue weighted by atomic mass is 16.2. The zero-order chi connectivity index (χ0) is 15.9. The third-order valence-electron chi connectivity index (χ3n) is 2.92. The van der Waals surface area contributed by atoms with Crippen LogP contribution in [0.3, 0.4) is 0 Å². The van der Waals surface area contributed by atoms with E-state index in [-0.39, 0.29) is 0 Å². The Labute approximate surface area is 127 Å². The van der Waals surface area contributed by atoms with Crippen molar-refractivity contribution < 1.29 is 9.59 Å². The first kappa shape index (κ1) is 15.3. The number of rotatable bonds is 4. The van der Waals surface area contributed by atoms with Crippen molar-refractivity contribution in [3.8, 4) is 6.07 Å². The number of nitrogens with zero attached hydrogens (tertiary/aromatic N) is 3. The number of amides is 2. The molecule has 112 valence electrons. The SMILES string of the molecule is CCn1cc(NC(=O)C(=O)Nc2ccc(CC#N)cc2)cn1. The number of hydrogen-bond donors (Lipinski definition) is 2. The van der Waals surface area contributed by atoms with Crippen LogP contribution in [0, 0.1) is 11.3 Å². The maximum atomic E-state index is 11.8. The van der Waals surface area contributed by atoms with Crippen LogP contribution in [0.1, 0.15) is 12.5 Å². The maximum Gasteiger partial charge on any atom is 0.314 e. The van der Waals surface area contributed by atoms with E-state index in [2.05, 4.69) is 15.7 Å². The lowest BCUT2D eigenvalue weighted by Crippen LogP contribution is -2.28. The second-order valence-electron chi connectivity index (χ2n) is 4.52. The molecule has 0 spiro atoms. The molecular weight excluding hydrogens is 282 g/mol. The van der Waals surface area contributed by atoms with Crippen molar-refractivity contribution in [2.45, 2.75) is 19.9 Å². The van der Waals surface area contributed by atoms with Gasteiger partial charge in [0.1, 0.15) is 0 Å². The van der Waals surface area contributed by atoms with Gasteiger partial charge in [-0.1, -0.05) is 12.1 Å². The summed E-state index contributed by atoms with van der Waals surface area (Å²) in [5.74, 6) is -1.53. The zero-order valence-electron chi connectivity index (χ0n) is 12.0. The Morgan fingerprint density at radius 1 is 1.18 bits per heavy atom. The molecule has 2 rings (SSSR count). The van der Waals surface area contributed by atoms with Gasteiger partial charge in [0.2, 0.25) is 0 Å². The van der Waals surface area contributed by atoms with Crippen LogP contribution in [0.15, 0.2) is 36.7 Å². The van der Waals surface area contributed by atoms with Crippen molar-refractivity contribution in [2.75, 3.05) is 10.6 Å². The van der Waals surface area contributed by atoms with Gasteiger partial charge in [-0.25, -0.2) is 0 Å². The predicted molar refractivity (Wildman–Crippen MR) is 80.9 cm³/mol. The molecule has 0 aliphatic carbocycles. The largest absolute Gasteiger partial charge is 0.318 e. The standard InChI is InChI=1S/C15H15N5O2/c1-2-20-10-13(9-17-20)19-15(22)14(21)18-12-5-3-11(4-6-12)7-8-16/h3-6,9-10H,2,7H2,1H3,(H,18,21)(H,19,22). The molecule has 0 saturated carbocycles. The lowest BCUT2D eigenvalue weighted by Gasteiger charge is -2.05. The number of nitrogens with one attached hydrogen (secondary N) is 2. The molecule has 0 bridgehead atoms. The van der Waals surface area contributed by atoms with Crippen molar-refractivity contribution in [3.63, 3.8) is 0 Å². The van der Waals surface area contributed by atoms with Gasteiger partial charge in [-0.3, -0.25) is 14.3 Å². The minimum Gasteiger partial charge on any atom is -0.318 e. The zero-order valence-corrected chi connectivity index (χ0v) is 12.0. The number of benzene rings is 1. The third kappa shape index (κ3) is 3.93. The normalized spacial score (nSPS) is 9.82. The summed E-state index contributed by atoms with van der Waals surface area (Å²) < 4.78 is 1.64. The number of carbonyl (C=O) groups excluding carboxylic acids is 2. The summed E-state index contributed by atoms with van der Waals surface area (Å²) >= 11 is 0. The summed E-state index contributed by atoms with van der Waals surface area (Å²) in [5, 5.41) is 17.6. The van der Waals surface area contributed by atoms with Crippen LogP contribution < -0.4 is 10.6 Å². The average molecular weight is 297 g/mol. The van der Waals surface area contributed by atoms with Gasteiger partial charge in [0.05, 0.1) is 24.4 Å². The number of hydrogen-bond acceptors (Lipinski definition) is 4. The van der Waals surface area contributed by atoms with Crippen LogP contribution >= 0.6 is 0 Å². The van der Waals surface area contributed by atoms with Gasteiger partial charge >= 0.3 is 11.8 Å². The fourth-order valence-electron chi connectivity index (χ4n) is 1.77. The van der Waals surface area contributed by atoms with E-state index in [1.807, 2.05) is 13.0 Å². The van der Waals surface area contributed by atoms with Gasteiger partial charge in [-0.15, -0.1) is 0 Å². The number of nitriles is 1. The third-order valence-corrected chi connectivity index (χ3v) is 2.92. The molecule has 0 aliphatic rings. The molecule has 0 saturated heterocycles. The van der Waals surface area contributed by atoms with E-state index < -0.39 is 11.8 Å². The number of carbonyl (C=O) groups is 2. The van der Waals surface area contributed by atoms with Crippen molar-refractivity contribution >= 4 is 23.2 Å². The first-order chi connectivity index (χ1) is 10.6. The smallest absolute Gasteiger partial charge is 0.314 e. The first-order valence-corrected chi connectivity index (χ1v) is 6.73. The molecule has 2 aromatic rings. The first-order valence-electron chi connectivity index (χ1n) is 6.73. The van der Waals surface area contributed by atoms with E-state index in [0.29, 0.717) is 24.3 Å². The van der Waals surface area contributed by atoms with E-state index in [1.165, 1.54) is 6.20 Å². The predicted octanol–water partition coefficient (Wildman–Crippen LogP) is 1.55. The quantitative estimate of drug-likeness (QED) is 0.836. The average Bonchev–Trinajstić information content (AvgIpc) is 2.97. The Balaban J connectivity index is 1.93. The highest BCUT2D eigenvalue weighted by Gasteiger charge is 2.14. The molecule has 1 aromatic carbocycles. The Morgan fingerprint density at radius 2 is 1.82 bits per heavy atom. The van der Waals surface area contributed by atoms with E-state index in [1.54, 1.807) is 35.1 Å². The fraction of sp³-hybridized carbons (Fsp3) is 0.200. The molecule has 22 heavy (non-hydrogen) atoms. The number of aryl methyl sites for hydroxylation is 1. The van der Waals surface area contributed by atoms with Crippen molar-refractivity contribution in [1.82, 2.24) is 9.78 Å². The Bertz CT molecular complexity index is 712. The van der Waals surface area contributed by atoms with Crippen molar-refractivity contribution in [3.05, 3.63) is 42.2 Å². The van der Waals surface area contributed by atoms with Crippen LogP contribution in [-0.4, -0.2) is 21.6 Å². The molecule has 7 heteroatoms. The second-order valence-corrected chi connectivity index (χ2v) is 4.52. The maximum absolute atomic E-state index is 11.8. The summed E-state index contributed by atoms with van der Waals surface area (Å²) in [5.41, 5.74) is 1.80. The molecule has 2 amide bonds. The van der Waals surface area contributed by atoms with Crippen LogP contribution in [0.25, 0.3) is 0 Å². The fourth-order valence-corrected chi connectivity index (χ4v) is 1.77. The summed E-state index contributed by atoms with van der Waals surface area (Å²) in [6.45, 7) is 2.60. The molecule has 0 aliphatic heterocycles. The lowest BCUT2D eigenvalue weighted by molar-refractivity contribution is -0.132. The molecule has 0 atom stereocenters. The van der Waals surface area contributed by atoms with Crippen LogP contribution in [0.5, 0.6) is 0 Å². The summed E-state index contributed by atoms with van der Waals surface area (Å²) in [6, 6.07) is 8.78. The number of aromatic nitrogens is 2. The minimum absolute atomic E-state index is 0.302. The molecule has 0 radical (unpaired) electrons. The van der Waals surface area contributed by atoms with Gasteiger partial charge < -0.3 is 10.6 Å². The molecular formula is C15H15N5O2. The van der Waals surface area contributed by atoms with Gasteiger partial charge in [0.15, 0.2) is 0 Å². The van der Waals surface area contributed by atoms with Crippen molar-refractivity contribution in [1.29, 1.82) is 5.26 Å². The Kier molecular flexibility index (Phi) is 4.88. The molecule has 7 nitrogen and oxygen atoms in total. The van der Waals surface area contributed by atoms with Gasteiger partial charge in [-0.05, 0) is 24.6 Å². The number of anilines is 2.